The molecule has 4 aliphatic carbocycles. The zero-order valence-corrected chi connectivity index (χ0v) is 12.6. The molecule has 108 valence electrons. The summed E-state index contributed by atoms with van der Waals surface area (Å²) >= 11 is 0. The number of nitrogens with two attached hydrogens (primary N) is 1. The quantitative estimate of drug-likeness (QED) is 0.709. The van der Waals surface area contributed by atoms with Crippen LogP contribution in [0.15, 0.2) is 36.0 Å². The van der Waals surface area contributed by atoms with Gasteiger partial charge < -0.3 is 5.73 Å². The molecule has 0 radical (unpaired) electrons. The minimum Gasteiger partial charge on any atom is -0.330 e. The summed E-state index contributed by atoms with van der Waals surface area (Å²) in [6, 6.07) is 0. The van der Waals surface area contributed by atoms with E-state index in [4.69, 9.17) is 5.73 Å². The van der Waals surface area contributed by atoms with Gasteiger partial charge in [-0.2, -0.15) is 0 Å². The number of hydrogen-bond acceptors (Lipinski definition) is 1. The highest BCUT2D eigenvalue weighted by atomic mass is 14.7. The lowest BCUT2D eigenvalue weighted by Crippen LogP contribution is -2.50. The Hall–Kier alpha value is -0.820. The lowest BCUT2D eigenvalue weighted by Gasteiger charge is -2.55. The average Bonchev–Trinajstić information content (AvgIpc) is 2.91. The molecule has 1 fully saturated rings. The molecule has 0 spiro atoms. The summed E-state index contributed by atoms with van der Waals surface area (Å²) in [5.74, 6) is 2.50. The highest BCUT2D eigenvalue weighted by molar-refractivity contribution is 5.32. The molecule has 0 saturated heterocycles. The molecule has 0 aromatic heterocycles. The second-order valence-electron chi connectivity index (χ2n) is 7.68. The lowest BCUT2D eigenvalue weighted by atomic mass is 9.49. The molecule has 4 aliphatic rings. The van der Waals surface area contributed by atoms with Crippen molar-refractivity contribution in [1.29, 1.82) is 0 Å². The summed E-state index contributed by atoms with van der Waals surface area (Å²) in [6.07, 6.45) is 20.2. The van der Waals surface area contributed by atoms with Gasteiger partial charge in [0.25, 0.3) is 0 Å². The number of hydrogen-bond donors (Lipinski definition) is 1. The fraction of sp³-hybridized carbons (Fsp3) is 0.684. The SMILES string of the molecule is C[C@]12C=CCCC1=CC[C@H]1[C@@H]3CC=C[C@@]3(CN)CC[C@@H]12. The summed E-state index contributed by atoms with van der Waals surface area (Å²) < 4.78 is 0. The van der Waals surface area contributed by atoms with Crippen LogP contribution in [0.25, 0.3) is 0 Å². The van der Waals surface area contributed by atoms with Gasteiger partial charge in [-0.1, -0.05) is 42.9 Å². The van der Waals surface area contributed by atoms with Crippen molar-refractivity contribution in [1.82, 2.24) is 0 Å². The van der Waals surface area contributed by atoms with Crippen LogP contribution in [0.5, 0.6) is 0 Å². The molecular weight excluding hydrogens is 242 g/mol. The summed E-state index contributed by atoms with van der Waals surface area (Å²) in [5.41, 5.74) is 8.60. The van der Waals surface area contributed by atoms with E-state index in [1.807, 2.05) is 0 Å². The summed E-state index contributed by atoms with van der Waals surface area (Å²) in [4.78, 5) is 0. The Morgan fingerprint density at radius 2 is 2.10 bits per heavy atom. The van der Waals surface area contributed by atoms with Crippen LogP contribution in [0.4, 0.5) is 0 Å². The molecule has 0 aromatic rings. The van der Waals surface area contributed by atoms with Gasteiger partial charge in [0.05, 0.1) is 0 Å². The molecule has 2 N–H and O–H groups in total. The van der Waals surface area contributed by atoms with Crippen LogP contribution in [0.1, 0.15) is 45.4 Å². The zero-order chi connectivity index (χ0) is 13.8. The minimum absolute atomic E-state index is 0.335. The summed E-state index contributed by atoms with van der Waals surface area (Å²) in [6.45, 7) is 3.35. The Kier molecular flexibility index (Phi) is 2.79. The number of fused-ring (bicyclic) bond motifs is 5. The van der Waals surface area contributed by atoms with E-state index in [1.165, 1.54) is 38.5 Å². The van der Waals surface area contributed by atoms with Crippen LogP contribution >= 0.6 is 0 Å². The minimum atomic E-state index is 0.335. The van der Waals surface area contributed by atoms with Crippen LogP contribution in [0.2, 0.25) is 0 Å². The Morgan fingerprint density at radius 1 is 1.20 bits per heavy atom. The van der Waals surface area contributed by atoms with Gasteiger partial charge >= 0.3 is 0 Å². The molecule has 20 heavy (non-hydrogen) atoms. The first kappa shape index (κ1) is 12.9. The van der Waals surface area contributed by atoms with Gasteiger partial charge in [0.15, 0.2) is 0 Å². The average molecular weight is 269 g/mol. The Bertz CT molecular complexity index is 500. The second-order valence-corrected chi connectivity index (χ2v) is 7.68. The van der Waals surface area contributed by atoms with E-state index in [0.29, 0.717) is 10.8 Å². The molecule has 1 nitrogen and oxygen atoms in total. The third kappa shape index (κ3) is 1.53. The van der Waals surface area contributed by atoms with Crippen molar-refractivity contribution in [3.63, 3.8) is 0 Å². The van der Waals surface area contributed by atoms with Gasteiger partial charge in [0, 0.05) is 17.4 Å². The summed E-state index contributed by atoms with van der Waals surface area (Å²) in [5, 5.41) is 0. The smallest absolute Gasteiger partial charge is 0.00936 e. The van der Waals surface area contributed by atoms with Crippen molar-refractivity contribution >= 4 is 0 Å². The first-order valence-electron chi connectivity index (χ1n) is 8.45. The van der Waals surface area contributed by atoms with Crippen LogP contribution in [-0.4, -0.2) is 6.54 Å². The van der Waals surface area contributed by atoms with Gasteiger partial charge in [-0.15, -0.1) is 0 Å². The zero-order valence-electron chi connectivity index (χ0n) is 12.6. The Labute approximate surface area is 123 Å². The maximum absolute atomic E-state index is 6.19. The van der Waals surface area contributed by atoms with Crippen molar-refractivity contribution < 1.29 is 0 Å². The molecule has 1 heteroatoms. The number of allylic oxidation sites excluding steroid dienone is 5. The predicted molar refractivity (Wildman–Crippen MR) is 84.1 cm³/mol. The fourth-order valence-corrected chi connectivity index (χ4v) is 5.90. The topological polar surface area (TPSA) is 26.0 Å². The van der Waals surface area contributed by atoms with E-state index in [-0.39, 0.29) is 0 Å². The first-order valence-corrected chi connectivity index (χ1v) is 8.45. The van der Waals surface area contributed by atoms with Crippen LogP contribution < -0.4 is 5.73 Å². The highest BCUT2D eigenvalue weighted by Crippen LogP contribution is 2.62. The van der Waals surface area contributed by atoms with Crippen LogP contribution in [0, 0.1) is 28.6 Å². The fourth-order valence-electron chi connectivity index (χ4n) is 5.90. The maximum Gasteiger partial charge on any atom is 0.00936 e. The standard InChI is InChI=1S/C19H27N/c1-18-10-3-2-5-14(18)7-8-15-16(18)9-12-19(13-20)11-4-6-17(15)19/h3-4,7,10-11,15-17H,2,5-6,8-9,12-13,20H2,1H3/t15-,16+,17+,18+,19+/m1/s1. The van der Waals surface area contributed by atoms with Crippen molar-refractivity contribution in [2.24, 2.45) is 34.3 Å². The van der Waals surface area contributed by atoms with E-state index in [0.717, 1.165) is 24.3 Å². The van der Waals surface area contributed by atoms with Crippen LogP contribution in [0.3, 0.4) is 0 Å². The molecular formula is C19H27N. The molecule has 0 aromatic carbocycles. The first-order chi connectivity index (χ1) is 9.70. The van der Waals surface area contributed by atoms with Gasteiger partial charge in [-0.05, 0) is 56.3 Å². The van der Waals surface area contributed by atoms with E-state index in [1.54, 1.807) is 5.57 Å². The van der Waals surface area contributed by atoms with Crippen molar-refractivity contribution in [3.05, 3.63) is 36.0 Å². The third-order valence-electron chi connectivity index (χ3n) is 7.06. The Balaban J connectivity index is 1.72. The van der Waals surface area contributed by atoms with Crippen LogP contribution in [-0.2, 0) is 0 Å². The van der Waals surface area contributed by atoms with E-state index < -0.39 is 0 Å². The Morgan fingerprint density at radius 3 is 2.95 bits per heavy atom. The third-order valence-corrected chi connectivity index (χ3v) is 7.06. The monoisotopic (exact) mass is 269 g/mol. The van der Waals surface area contributed by atoms with E-state index in [2.05, 4.69) is 37.3 Å². The van der Waals surface area contributed by atoms with Gasteiger partial charge in [-0.3, -0.25) is 0 Å². The van der Waals surface area contributed by atoms with E-state index in [9.17, 15) is 0 Å². The largest absolute Gasteiger partial charge is 0.330 e. The molecule has 0 unspecified atom stereocenters. The van der Waals surface area contributed by atoms with Gasteiger partial charge in [-0.25, -0.2) is 0 Å². The van der Waals surface area contributed by atoms with Crippen molar-refractivity contribution in [2.45, 2.75) is 45.4 Å². The predicted octanol–water partition coefficient (Wildman–Crippen LogP) is 4.22. The molecule has 4 rings (SSSR count). The number of rotatable bonds is 1. The van der Waals surface area contributed by atoms with E-state index >= 15 is 0 Å². The van der Waals surface area contributed by atoms with Crippen molar-refractivity contribution in [3.8, 4) is 0 Å². The summed E-state index contributed by atoms with van der Waals surface area (Å²) in [7, 11) is 0. The molecule has 5 atom stereocenters. The van der Waals surface area contributed by atoms with Gasteiger partial charge in [0.1, 0.15) is 0 Å². The second kappa shape index (κ2) is 4.34. The highest BCUT2D eigenvalue weighted by Gasteiger charge is 2.54. The molecule has 0 amide bonds. The molecule has 0 bridgehead atoms. The molecule has 0 aliphatic heterocycles. The maximum atomic E-state index is 6.19. The van der Waals surface area contributed by atoms with Crippen molar-refractivity contribution in [2.75, 3.05) is 6.54 Å². The molecule has 1 saturated carbocycles. The molecule has 0 heterocycles. The lowest BCUT2D eigenvalue weighted by molar-refractivity contribution is 0.00763. The van der Waals surface area contributed by atoms with Gasteiger partial charge in [0.2, 0.25) is 0 Å². The normalized spacial score (nSPS) is 49.3.